The molecule has 6 heteroatoms. The summed E-state index contributed by atoms with van der Waals surface area (Å²) >= 11 is 0. The Labute approximate surface area is 135 Å². The van der Waals surface area contributed by atoms with Crippen molar-refractivity contribution < 1.29 is 9.90 Å². The van der Waals surface area contributed by atoms with Gasteiger partial charge in [-0.1, -0.05) is 6.92 Å². The summed E-state index contributed by atoms with van der Waals surface area (Å²) in [5.74, 6) is 0.128. The van der Waals surface area contributed by atoms with Crippen molar-refractivity contribution >= 4 is 5.91 Å². The minimum absolute atomic E-state index is 0.114. The summed E-state index contributed by atoms with van der Waals surface area (Å²) < 4.78 is 1.73. The van der Waals surface area contributed by atoms with Crippen LogP contribution in [0.25, 0.3) is 0 Å². The first-order valence-corrected chi connectivity index (χ1v) is 7.99. The molecule has 1 fully saturated rings. The number of carbonyl (C=O) groups is 1. The van der Waals surface area contributed by atoms with Gasteiger partial charge >= 0.3 is 0 Å². The van der Waals surface area contributed by atoms with Crippen LogP contribution in [0.1, 0.15) is 47.4 Å². The summed E-state index contributed by atoms with van der Waals surface area (Å²) in [4.78, 5) is 16.8. The van der Waals surface area contributed by atoms with Gasteiger partial charge in [0.2, 0.25) is 0 Å². The first kappa shape index (κ1) is 15.7. The van der Waals surface area contributed by atoms with Gasteiger partial charge < -0.3 is 10.4 Å². The van der Waals surface area contributed by atoms with Crippen molar-refractivity contribution in [2.24, 2.45) is 13.0 Å². The number of aryl methyl sites for hydroxylation is 2. The third-order valence-electron chi connectivity index (χ3n) is 4.43. The van der Waals surface area contributed by atoms with Crippen molar-refractivity contribution in [3.05, 3.63) is 47.5 Å². The molecule has 1 aliphatic carbocycles. The summed E-state index contributed by atoms with van der Waals surface area (Å²) in [5.41, 5.74) is 2.49. The normalized spacial score (nSPS) is 21.5. The van der Waals surface area contributed by atoms with E-state index in [1.54, 1.807) is 23.1 Å². The van der Waals surface area contributed by atoms with Crippen LogP contribution in [0.2, 0.25) is 0 Å². The molecule has 0 spiro atoms. The Morgan fingerprint density at radius 2 is 2.30 bits per heavy atom. The Bertz CT molecular complexity index is 691. The van der Waals surface area contributed by atoms with Crippen LogP contribution >= 0.6 is 0 Å². The van der Waals surface area contributed by atoms with Crippen LogP contribution in [0.15, 0.2) is 30.7 Å². The zero-order valence-electron chi connectivity index (χ0n) is 13.4. The number of carbonyl (C=O) groups excluding carboxylic acids is 1. The molecule has 1 saturated carbocycles. The van der Waals surface area contributed by atoms with Gasteiger partial charge in [0.05, 0.1) is 18.3 Å². The predicted molar refractivity (Wildman–Crippen MR) is 85.8 cm³/mol. The molecule has 1 amide bonds. The number of amides is 1. The second-order valence-electron chi connectivity index (χ2n) is 6.17. The Hall–Kier alpha value is -2.21. The SMILES string of the molecule is CCc1cc(C(=O)N[C@@H](c2cnn(C)c2)C2CC(O)C2)ccn1. The number of nitrogens with zero attached hydrogens (tertiary/aromatic N) is 3. The number of aromatic nitrogens is 3. The van der Waals surface area contributed by atoms with Crippen molar-refractivity contribution in [2.45, 2.75) is 38.3 Å². The minimum atomic E-state index is -0.260. The fraction of sp³-hybridized carbons (Fsp3) is 0.471. The average Bonchev–Trinajstić information content (AvgIpc) is 2.96. The van der Waals surface area contributed by atoms with Crippen molar-refractivity contribution in [3.8, 4) is 0 Å². The van der Waals surface area contributed by atoms with Crippen LogP contribution in [0, 0.1) is 5.92 Å². The van der Waals surface area contributed by atoms with E-state index in [0.717, 1.165) is 17.7 Å². The summed E-state index contributed by atoms with van der Waals surface area (Å²) in [6.45, 7) is 2.01. The molecule has 122 valence electrons. The Morgan fingerprint density at radius 1 is 1.52 bits per heavy atom. The maximum absolute atomic E-state index is 12.6. The van der Waals surface area contributed by atoms with Gasteiger partial charge in [0.25, 0.3) is 5.91 Å². The second kappa shape index (κ2) is 6.50. The highest BCUT2D eigenvalue weighted by Gasteiger charge is 2.36. The number of rotatable bonds is 5. The van der Waals surface area contributed by atoms with Gasteiger partial charge in [0.15, 0.2) is 0 Å². The van der Waals surface area contributed by atoms with Crippen molar-refractivity contribution in [2.75, 3.05) is 0 Å². The lowest BCUT2D eigenvalue weighted by Crippen LogP contribution is -2.41. The van der Waals surface area contributed by atoms with Gasteiger partial charge in [0, 0.05) is 36.3 Å². The second-order valence-corrected chi connectivity index (χ2v) is 6.17. The minimum Gasteiger partial charge on any atom is -0.393 e. The molecule has 1 atom stereocenters. The smallest absolute Gasteiger partial charge is 0.251 e. The molecule has 6 nitrogen and oxygen atoms in total. The van der Waals surface area contributed by atoms with Crippen LogP contribution in [0.3, 0.4) is 0 Å². The first-order valence-electron chi connectivity index (χ1n) is 7.99. The Morgan fingerprint density at radius 3 is 2.91 bits per heavy atom. The average molecular weight is 314 g/mol. The molecule has 2 heterocycles. The molecule has 23 heavy (non-hydrogen) atoms. The molecule has 0 bridgehead atoms. The lowest BCUT2D eigenvalue weighted by atomic mass is 9.75. The van der Waals surface area contributed by atoms with Crippen LogP contribution in [-0.4, -0.2) is 31.9 Å². The molecule has 0 radical (unpaired) electrons. The summed E-state index contributed by atoms with van der Waals surface area (Å²) in [6.07, 6.45) is 7.30. The van der Waals surface area contributed by atoms with E-state index < -0.39 is 0 Å². The van der Waals surface area contributed by atoms with E-state index in [9.17, 15) is 9.90 Å². The van der Waals surface area contributed by atoms with Gasteiger partial charge in [-0.2, -0.15) is 5.10 Å². The maximum atomic E-state index is 12.6. The Kier molecular flexibility index (Phi) is 4.43. The molecular weight excluding hydrogens is 292 g/mol. The number of pyridine rings is 1. The summed E-state index contributed by atoms with van der Waals surface area (Å²) in [5, 5.41) is 16.9. The first-order chi connectivity index (χ1) is 11.1. The van der Waals surface area contributed by atoms with E-state index in [4.69, 9.17) is 0 Å². The molecule has 1 aliphatic rings. The van der Waals surface area contributed by atoms with E-state index in [2.05, 4.69) is 15.4 Å². The van der Waals surface area contributed by atoms with E-state index in [1.165, 1.54) is 0 Å². The van der Waals surface area contributed by atoms with Gasteiger partial charge in [-0.05, 0) is 37.3 Å². The van der Waals surface area contributed by atoms with Crippen LogP contribution < -0.4 is 5.32 Å². The third kappa shape index (κ3) is 3.42. The Balaban J connectivity index is 1.78. The molecule has 2 aromatic heterocycles. The van der Waals surface area contributed by atoms with Crippen LogP contribution in [0.4, 0.5) is 0 Å². The predicted octanol–water partition coefficient (Wildman–Crippen LogP) is 1.62. The third-order valence-corrected chi connectivity index (χ3v) is 4.43. The zero-order chi connectivity index (χ0) is 16.4. The fourth-order valence-electron chi connectivity index (χ4n) is 3.01. The highest BCUT2D eigenvalue weighted by Crippen LogP contribution is 2.38. The molecule has 2 aromatic rings. The molecular formula is C17H22N4O2. The van der Waals surface area contributed by atoms with Crippen molar-refractivity contribution in [3.63, 3.8) is 0 Å². The molecule has 0 unspecified atom stereocenters. The maximum Gasteiger partial charge on any atom is 0.251 e. The van der Waals surface area contributed by atoms with Crippen LogP contribution in [0.5, 0.6) is 0 Å². The van der Waals surface area contributed by atoms with Gasteiger partial charge in [-0.15, -0.1) is 0 Å². The number of hydrogen-bond acceptors (Lipinski definition) is 4. The lowest BCUT2D eigenvalue weighted by molar-refractivity contribution is 0.0235. The molecule has 3 rings (SSSR count). The topological polar surface area (TPSA) is 80.0 Å². The number of hydrogen-bond donors (Lipinski definition) is 2. The highest BCUT2D eigenvalue weighted by atomic mass is 16.3. The standard InChI is InChI=1S/C17H22N4O2/c1-3-14-6-11(4-5-18-14)17(23)20-16(12-7-15(22)8-12)13-9-19-21(2)10-13/h4-6,9-10,12,15-16,22H,3,7-8H2,1-2H3,(H,20,23)/t12?,15?,16-/m1/s1. The quantitative estimate of drug-likeness (QED) is 0.879. The molecule has 0 saturated heterocycles. The van der Waals surface area contributed by atoms with E-state index in [0.29, 0.717) is 18.4 Å². The van der Waals surface area contributed by atoms with E-state index >= 15 is 0 Å². The van der Waals surface area contributed by atoms with Crippen molar-refractivity contribution in [1.29, 1.82) is 0 Å². The number of aliphatic hydroxyl groups is 1. The van der Waals surface area contributed by atoms with Crippen LogP contribution in [-0.2, 0) is 13.5 Å². The van der Waals surface area contributed by atoms with Gasteiger partial charge in [0.1, 0.15) is 0 Å². The van der Waals surface area contributed by atoms with Gasteiger partial charge in [-0.3, -0.25) is 14.5 Å². The molecule has 0 aromatic carbocycles. The fourth-order valence-corrected chi connectivity index (χ4v) is 3.01. The monoisotopic (exact) mass is 314 g/mol. The van der Waals surface area contributed by atoms with Gasteiger partial charge in [-0.25, -0.2) is 0 Å². The lowest BCUT2D eigenvalue weighted by Gasteiger charge is -2.37. The van der Waals surface area contributed by atoms with Crippen molar-refractivity contribution in [1.82, 2.24) is 20.1 Å². The van der Waals surface area contributed by atoms with E-state index in [1.807, 2.05) is 26.2 Å². The largest absolute Gasteiger partial charge is 0.393 e. The zero-order valence-corrected chi connectivity index (χ0v) is 13.4. The highest BCUT2D eigenvalue weighted by molar-refractivity contribution is 5.94. The number of nitrogens with one attached hydrogen (secondary N) is 1. The molecule has 2 N–H and O–H groups in total. The molecule has 0 aliphatic heterocycles. The summed E-state index contributed by atoms with van der Waals surface area (Å²) in [7, 11) is 1.86. The number of aliphatic hydroxyl groups excluding tert-OH is 1. The summed E-state index contributed by atoms with van der Waals surface area (Å²) in [6, 6.07) is 3.42. The van der Waals surface area contributed by atoms with E-state index in [-0.39, 0.29) is 24.0 Å².